The zero-order valence-corrected chi connectivity index (χ0v) is 14.6. The van der Waals surface area contributed by atoms with Crippen molar-refractivity contribution in [2.75, 3.05) is 23.4 Å². The number of carbonyl (C=O) groups excluding carboxylic acids is 2. The zero-order valence-electron chi connectivity index (χ0n) is 14.6. The molecule has 6 heteroatoms. The summed E-state index contributed by atoms with van der Waals surface area (Å²) in [6.45, 7) is 4.21. The van der Waals surface area contributed by atoms with Gasteiger partial charge in [-0.15, -0.1) is 0 Å². The predicted octanol–water partition coefficient (Wildman–Crippen LogP) is 3.35. The number of hydrogen-bond acceptors (Lipinski definition) is 3. The summed E-state index contributed by atoms with van der Waals surface area (Å²) in [6.07, 6.45) is 0.169. The van der Waals surface area contributed by atoms with Crippen molar-refractivity contribution in [1.29, 1.82) is 0 Å². The van der Waals surface area contributed by atoms with E-state index < -0.39 is 0 Å². The largest absolute Gasteiger partial charge is 0.482 e. The Bertz CT molecular complexity index is 926. The summed E-state index contributed by atoms with van der Waals surface area (Å²) in [5.41, 5.74) is 3.36. The molecule has 0 saturated heterocycles. The molecular weight excluding hydrogens is 335 g/mol. The van der Waals surface area contributed by atoms with Crippen LogP contribution in [0.4, 0.5) is 15.8 Å². The van der Waals surface area contributed by atoms with Gasteiger partial charge in [-0.05, 0) is 48.7 Å². The molecule has 0 saturated carbocycles. The lowest BCUT2D eigenvalue weighted by atomic mass is 9.83. The molecule has 2 amide bonds. The molecule has 2 aliphatic heterocycles. The van der Waals surface area contributed by atoms with Gasteiger partial charge in [-0.2, -0.15) is 0 Å². The van der Waals surface area contributed by atoms with E-state index in [1.807, 2.05) is 26.0 Å². The molecule has 2 aliphatic rings. The Morgan fingerprint density at radius 3 is 2.77 bits per heavy atom. The number of aryl methyl sites for hydroxylation is 1. The molecule has 0 aromatic heterocycles. The average Bonchev–Trinajstić information content (AvgIpc) is 2.60. The van der Waals surface area contributed by atoms with Crippen LogP contribution >= 0.6 is 0 Å². The summed E-state index contributed by atoms with van der Waals surface area (Å²) in [5.74, 6) is -0.420. The quantitative estimate of drug-likeness (QED) is 0.900. The lowest BCUT2D eigenvalue weighted by Gasteiger charge is -2.33. The Morgan fingerprint density at radius 1 is 1.23 bits per heavy atom. The van der Waals surface area contributed by atoms with Crippen LogP contribution in [0.2, 0.25) is 0 Å². The molecule has 0 radical (unpaired) electrons. The van der Waals surface area contributed by atoms with Crippen molar-refractivity contribution >= 4 is 23.2 Å². The molecule has 5 nitrogen and oxygen atoms in total. The van der Waals surface area contributed by atoms with E-state index in [2.05, 4.69) is 5.32 Å². The van der Waals surface area contributed by atoms with Crippen LogP contribution in [0.15, 0.2) is 30.3 Å². The van der Waals surface area contributed by atoms with Crippen molar-refractivity contribution in [3.05, 3.63) is 52.8 Å². The number of hydrogen-bond donors (Lipinski definition) is 1. The number of benzene rings is 2. The minimum Gasteiger partial charge on any atom is -0.482 e. The summed E-state index contributed by atoms with van der Waals surface area (Å²) in [5, 5.41) is 2.85. The van der Waals surface area contributed by atoms with E-state index in [-0.39, 0.29) is 36.6 Å². The van der Waals surface area contributed by atoms with Crippen LogP contribution in [-0.2, 0) is 9.59 Å². The maximum atomic E-state index is 14.5. The van der Waals surface area contributed by atoms with Crippen LogP contribution in [0.5, 0.6) is 5.75 Å². The third-order valence-corrected chi connectivity index (χ3v) is 4.96. The van der Waals surface area contributed by atoms with Gasteiger partial charge in [0.25, 0.3) is 5.91 Å². The SMILES string of the molecule is CCN1C(=O)COc2cc3c(cc21)NC(=O)CC3c1ccc(C)cc1F. The Balaban J connectivity index is 1.85. The highest BCUT2D eigenvalue weighted by Gasteiger charge is 2.33. The van der Waals surface area contributed by atoms with Gasteiger partial charge in [-0.3, -0.25) is 9.59 Å². The molecule has 134 valence electrons. The van der Waals surface area contributed by atoms with Gasteiger partial charge in [0.1, 0.15) is 11.6 Å². The first kappa shape index (κ1) is 16.6. The van der Waals surface area contributed by atoms with Gasteiger partial charge in [0, 0.05) is 24.6 Å². The van der Waals surface area contributed by atoms with Crippen molar-refractivity contribution in [2.45, 2.75) is 26.2 Å². The highest BCUT2D eigenvalue weighted by atomic mass is 19.1. The Labute approximate surface area is 150 Å². The molecule has 1 N–H and O–H groups in total. The minimum absolute atomic E-state index is 0.0183. The van der Waals surface area contributed by atoms with E-state index in [9.17, 15) is 14.0 Å². The first-order valence-electron chi connectivity index (χ1n) is 8.65. The predicted molar refractivity (Wildman–Crippen MR) is 96.2 cm³/mol. The van der Waals surface area contributed by atoms with E-state index in [4.69, 9.17) is 4.74 Å². The fourth-order valence-electron chi connectivity index (χ4n) is 3.69. The van der Waals surface area contributed by atoms with E-state index in [0.717, 1.165) is 11.1 Å². The summed E-state index contributed by atoms with van der Waals surface area (Å²) in [7, 11) is 0. The number of rotatable bonds is 2. The number of halogens is 1. The summed E-state index contributed by atoms with van der Waals surface area (Å²) >= 11 is 0. The van der Waals surface area contributed by atoms with Crippen LogP contribution in [0.3, 0.4) is 0 Å². The highest BCUT2D eigenvalue weighted by molar-refractivity contribution is 6.01. The first-order chi connectivity index (χ1) is 12.5. The van der Waals surface area contributed by atoms with Gasteiger partial charge >= 0.3 is 0 Å². The number of nitrogens with one attached hydrogen (secondary N) is 1. The number of anilines is 2. The molecule has 2 aromatic carbocycles. The number of likely N-dealkylation sites (N-methyl/N-ethyl adjacent to an activating group) is 1. The summed E-state index contributed by atoms with van der Waals surface area (Å²) < 4.78 is 20.1. The van der Waals surface area contributed by atoms with Crippen LogP contribution < -0.4 is 15.0 Å². The second-order valence-corrected chi connectivity index (χ2v) is 6.66. The molecule has 2 aromatic rings. The number of carbonyl (C=O) groups is 2. The number of ether oxygens (including phenoxy) is 1. The van der Waals surface area contributed by atoms with Crippen molar-refractivity contribution in [3.63, 3.8) is 0 Å². The Hall–Kier alpha value is -2.89. The second kappa shape index (κ2) is 6.12. The molecule has 2 heterocycles. The summed E-state index contributed by atoms with van der Waals surface area (Å²) in [6, 6.07) is 8.63. The van der Waals surface area contributed by atoms with Crippen molar-refractivity contribution in [1.82, 2.24) is 0 Å². The fraction of sp³-hybridized carbons (Fsp3) is 0.300. The highest BCUT2D eigenvalue weighted by Crippen LogP contribution is 2.44. The van der Waals surface area contributed by atoms with Crippen LogP contribution in [0.25, 0.3) is 0 Å². The van der Waals surface area contributed by atoms with Gasteiger partial charge in [-0.1, -0.05) is 12.1 Å². The van der Waals surface area contributed by atoms with Crippen molar-refractivity contribution in [2.24, 2.45) is 0 Å². The average molecular weight is 354 g/mol. The number of fused-ring (bicyclic) bond motifs is 2. The van der Waals surface area contributed by atoms with Crippen molar-refractivity contribution in [3.8, 4) is 5.75 Å². The van der Waals surface area contributed by atoms with Gasteiger partial charge in [0.2, 0.25) is 5.91 Å². The third-order valence-electron chi connectivity index (χ3n) is 4.96. The Kier molecular flexibility index (Phi) is 3.90. The molecule has 1 atom stereocenters. The van der Waals surface area contributed by atoms with Gasteiger partial charge < -0.3 is 15.0 Å². The minimum atomic E-state index is -0.388. The monoisotopic (exact) mass is 354 g/mol. The third kappa shape index (κ3) is 2.62. The van der Waals surface area contributed by atoms with E-state index in [1.54, 1.807) is 17.0 Å². The molecule has 0 fully saturated rings. The lowest BCUT2D eigenvalue weighted by Crippen LogP contribution is -2.39. The van der Waals surface area contributed by atoms with Crippen LogP contribution in [0, 0.1) is 12.7 Å². The second-order valence-electron chi connectivity index (χ2n) is 6.66. The normalized spacial score (nSPS) is 18.7. The van der Waals surface area contributed by atoms with Gasteiger partial charge in [0.05, 0.1) is 5.69 Å². The molecule has 1 unspecified atom stereocenters. The van der Waals surface area contributed by atoms with Crippen molar-refractivity contribution < 1.29 is 18.7 Å². The summed E-state index contributed by atoms with van der Waals surface area (Å²) in [4.78, 5) is 25.9. The van der Waals surface area contributed by atoms with Crippen LogP contribution in [0.1, 0.15) is 36.0 Å². The topological polar surface area (TPSA) is 58.6 Å². The maximum absolute atomic E-state index is 14.5. The van der Waals surface area contributed by atoms with E-state index in [1.165, 1.54) is 6.07 Å². The maximum Gasteiger partial charge on any atom is 0.265 e. The molecule has 4 rings (SSSR count). The van der Waals surface area contributed by atoms with E-state index >= 15 is 0 Å². The first-order valence-corrected chi connectivity index (χ1v) is 8.65. The Morgan fingerprint density at radius 2 is 2.04 bits per heavy atom. The molecule has 0 spiro atoms. The zero-order chi connectivity index (χ0) is 18.4. The molecule has 0 aliphatic carbocycles. The molecular formula is C20H19FN2O3. The number of amides is 2. The fourth-order valence-corrected chi connectivity index (χ4v) is 3.69. The smallest absolute Gasteiger partial charge is 0.265 e. The standard InChI is InChI=1S/C20H19FN2O3/c1-3-23-17-9-16-14(7-18(17)26-10-20(23)25)13(8-19(24)22-16)12-5-4-11(2)6-15(12)21/h4-7,9,13H,3,8,10H2,1-2H3,(H,22,24). The van der Waals surface area contributed by atoms with E-state index in [0.29, 0.717) is 29.2 Å². The lowest BCUT2D eigenvalue weighted by molar-refractivity contribution is -0.121. The molecule has 26 heavy (non-hydrogen) atoms. The van der Waals surface area contributed by atoms with Crippen LogP contribution in [-0.4, -0.2) is 25.0 Å². The number of nitrogens with zero attached hydrogens (tertiary/aromatic N) is 1. The molecule has 0 bridgehead atoms. The van der Waals surface area contributed by atoms with Gasteiger partial charge in [0.15, 0.2) is 6.61 Å². The van der Waals surface area contributed by atoms with Gasteiger partial charge in [-0.25, -0.2) is 4.39 Å².